The molecule has 3 rings (SSSR count). The highest BCUT2D eigenvalue weighted by molar-refractivity contribution is 5.75. The van der Waals surface area contributed by atoms with E-state index in [4.69, 9.17) is 15.2 Å². The number of nitrogens with zero attached hydrogens (tertiary/aromatic N) is 3. The molecule has 6 heteroatoms. The van der Waals surface area contributed by atoms with Crippen LogP contribution in [0.1, 0.15) is 13.3 Å². The molecular formula is C12H16N4O2. The van der Waals surface area contributed by atoms with Crippen LogP contribution < -0.4 is 10.5 Å². The van der Waals surface area contributed by atoms with Gasteiger partial charge in [-0.25, -0.2) is 4.98 Å². The van der Waals surface area contributed by atoms with Gasteiger partial charge in [-0.3, -0.25) is 4.57 Å². The molecule has 2 aromatic rings. The monoisotopic (exact) mass is 248 g/mol. The van der Waals surface area contributed by atoms with Gasteiger partial charge >= 0.3 is 0 Å². The van der Waals surface area contributed by atoms with Crippen molar-refractivity contribution in [2.45, 2.75) is 18.9 Å². The highest BCUT2D eigenvalue weighted by Gasteiger charge is 2.35. The van der Waals surface area contributed by atoms with Crippen molar-refractivity contribution in [3.63, 3.8) is 0 Å². The summed E-state index contributed by atoms with van der Waals surface area (Å²) in [6.45, 7) is 3.47. The molecule has 1 aliphatic heterocycles. The summed E-state index contributed by atoms with van der Waals surface area (Å²) in [7, 11) is 1.60. The van der Waals surface area contributed by atoms with Crippen molar-refractivity contribution in [2.24, 2.45) is 0 Å². The highest BCUT2D eigenvalue weighted by atomic mass is 16.5. The average Bonchev–Trinajstić information content (AvgIpc) is 2.91. The Balaban J connectivity index is 2.23. The van der Waals surface area contributed by atoms with E-state index in [-0.39, 0.29) is 5.54 Å². The van der Waals surface area contributed by atoms with E-state index in [1.165, 1.54) is 0 Å². The zero-order valence-corrected chi connectivity index (χ0v) is 10.5. The number of pyridine rings is 1. The zero-order chi connectivity index (χ0) is 12.8. The molecule has 0 bridgehead atoms. The molecule has 18 heavy (non-hydrogen) atoms. The third kappa shape index (κ3) is 1.53. The first-order valence-electron chi connectivity index (χ1n) is 5.91. The van der Waals surface area contributed by atoms with Gasteiger partial charge in [0.2, 0.25) is 11.8 Å². The molecule has 0 amide bonds. The number of hydrogen-bond donors (Lipinski definition) is 1. The van der Waals surface area contributed by atoms with E-state index in [2.05, 4.69) is 16.9 Å². The number of nitrogen functional groups attached to an aromatic ring is 1. The molecule has 3 heterocycles. The predicted molar refractivity (Wildman–Crippen MR) is 67.6 cm³/mol. The maximum atomic E-state index is 6.03. The van der Waals surface area contributed by atoms with Crippen molar-refractivity contribution in [1.29, 1.82) is 0 Å². The van der Waals surface area contributed by atoms with Crippen LogP contribution in [0, 0.1) is 0 Å². The minimum Gasteiger partial charge on any atom is -0.481 e. The van der Waals surface area contributed by atoms with Gasteiger partial charge in [0, 0.05) is 12.7 Å². The summed E-state index contributed by atoms with van der Waals surface area (Å²) >= 11 is 0. The highest BCUT2D eigenvalue weighted by Crippen LogP contribution is 2.33. The second-order valence-electron chi connectivity index (χ2n) is 4.80. The van der Waals surface area contributed by atoms with Gasteiger partial charge in [-0.1, -0.05) is 0 Å². The lowest BCUT2D eigenvalue weighted by Crippen LogP contribution is -2.31. The number of fused-ring (bicyclic) bond motifs is 1. The fourth-order valence-corrected chi connectivity index (χ4v) is 2.44. The first kappa shape index (κ1) is 11.3. The molecule has 96 valence electrons. The average molecular weight is 248 g/mol. The normalized spacial score (nSPS) is 23.7. The van der Waals surface area contributed by atoms with E-state index < -0.39 is 0 Å². The van der Waals surface area contributed by atoms with Crippen molar-refractivity contribution >= 4 is 17.1 Å². The molecule has 1 aliphatic rings. The lowest BCUT2D eigenvalue weighted by Gasteiger charge is -2.25. The van der Waals surface area contributed by atoms with Crippen LogP contribution in [0.4, 0.5) is 5.95 Å². The number of ether oxygens (including phenoxy) is 2. The molecule has 0 saturated carbocycles. The molecule has 1 atom stereocenters. The van der Waals surface area contributed by atoms with Crippen LogP contribution in [0.25, 0.3) is 11.2 Å². The summed E-state index contributed by atoms with van der Waals surface area (Å²) in [6, 6.07) is 3.65. The van der Waals surface area contributed by atoms with Crippen molar-refractivity contribution in [3.05, 3.63) is 12.1 Å². The van der Waals surface area contributed by atoms with E-state index in [0.717, 1.165) is 24.2 Å². The van der Waals surface area contributed by atoms with Crippen molar-refractivity contribution in [3.8, 4) is 5.88 Å². The Kier molecular flexibility index (Phi) is 2.41. The van der Waals surface area contributed by atoms with Crippen LogP contribution in [-0.2, 0) is 10.3 Å². The zero-order valence-electron chi connectivity index (χ0n) is 10.5. The van der Waals surface area contributed by atoms with Crippen LogP contribution in [0.3, 0.4) is 0 Å². The molecule has 0 radical (unpaired) electrons. The van der Waals surface area contributed by atoms with Gasteiger partial charge in [0.25, 0.3) is 0 Å². The minimum absolute atomic E-state index is 0.182. The van der Waals surface area contributed by atoms with E-state index >= 15 is 0 Å². The first-order valence-corrected chi connectivity index (χ1v) is 5.91. The van der Waals surface area contributed by atoms with Crippen LogP contribution >= 0.6 is 0 Å². The SMILES string of the molecule is COc1ccc2nc(N)n(C3(C)CCOC3)c2n1. The van der Waals surface area contributed by atoms with Crippen molar-refractivity contribution < 1.29 is 9.47 Å². The topological polar surface area (TPSA) is 75.2 Å². The Morgan fingerprint density at radius 2 is 2.28 bits per heavy atom. The summed E-state index contributed by atoms with van der Waals surface area (Å²) in [4.78, 5) is 8.79. The van der Waals surface area contributed by atoms with Gasteiger partial charge in [-0.05, 0) is 19.4 Å². The lowest BCUT2D eigenvalue weighted by molar-refractivity contribution is 0.163. The quantitative estimate of drug-likeness (QED) is 0.863. The summed E-state index contributed by atoms with van der Waals surface area (Å²) in [6.07, 6.45) is 0.904. The Labute approximate surface area is 105 Å². The second-order valence-corrected chi connectivity index (χ2v) is 4.80. The Morgan fingerprint density at radius 1 is 1.44 bits per heavy atom. The number of nitrogens with two attached hydrogens (primary N) is 1. The maximum absolute atomic E-state index is 6.03. The molecule has 0 aromatic carbocycles. The Hall–Kier alpha value is -1.82. The number of hydrogen-bond acceptors (Lipinski definition) is 5. The van der Waals surface area contributed by atoms with E-state index in [9.17, 15) is 0 Å². The van der Waals surface area contributed by atoms with Gasteiger partial charge < -0.3 is 15.2 Å². The van der Waals surface area contributed by atoms with Crippen LogP contribution in [-0.4, -0.2) is 34.9 Å². The largest absolute Gasteiger partial charge is 0.481 e. The van der Waals surface area contributed by atoms with Gasteiger partial charge in [-0.15, -0.1) is 0 Å². The smallest absolute Gasteiger partial charge is 0.215 e. The fourth-order valence-electron chi connectivity index (χ4n) is 2.44. The molecule has 1 unspecified atom stereocenters. The van der Waals surface area contributed by atoms with Crippen LogP contribution in [0.2, 0.25) is 0 Å². The Morgan fingerprint density at radius 3 is 2.94 bits per heavy atom. The predicted octanol–water partition coefficient (Wildman–Crippen LogP) is 1.16. The molecule has 2 aromatic heterocycles. The molecule has 2 N–H and O–H groups in total. The molecule has 1 saturated heterocycles. The number of rotatable bonds is 2. The molecule has 6 nitrogen and oxygen atoms in total. The standard InChI is InChI=1S/C12H16N4O2/c1-12(5-6-18-7-12)16-10-8(14-11(16)13)3-4-9(15-10)17-2/h3-4H,5-7H2,1-2H3,(H2,13,14). The number of imidazole rings is 1. The summed E-state index contributed by atoms with van der Waals surface area (Å²) in [5.74, 6) is 1.03. The molecule has 1 fully saturated rings. The van der Waals surface area contributed by atoms with Crippen LogP contribution in [0.15, 0.2) is 12.1 Å². The summed E-state index contributed by atoms with van der Waals surface area (Å²) in [5, 5.41) is 0. The summed E-state index contributed by atoms with van der Waals surface area (Å²) in [5.41, 5.74) is 7.37. The maximum Gasteiger partial charge on any atom is 0.215 e. The van der Waals surface area contributed by atoms with Gasteiger partial charge in [0.05, 0.1) is 19.3 Å². The van der Waals surface area contributed by atoms with Crippen molar-refractivity contribution in [1.82, 2.24) is 14.5 Å². The van der Waals surface area contributed by atoms with Gasteiger partial charge in [-0.2, -0.15) is 4.98 Å². The number of anilines is 1. The molecule has 0 spiro atoms. The van der Waals surface area contributed by atoms with Gasteiger partial charge in [0.15, 0.2) is 5.65 Å². The molecular weight excluding hydrogens is 232 g/mol. The lowest BCUT2D eigenvalue weighted by atomic mass is 10.0. The second kappa shape index (κ2) is 3.84. The number of aromatic nitrogens is 3. The fraction of sp³-hybridized carbons (Fsp3) is 0.500. The van der Waals surface area contributed by atoms with E-state index in [1.807, 2.05) is 10.6 Å². The van der Waals surface area contributed by atoms with Crippen LogP contribution in [0.5, 0.6) is 5.88 Å². The van der Waals surface area contributed by atoms with E-state index in [0.29, 0.717) is 18.4 Å². The van der Waals surface area contributed by atoms with Crippen molar-refractivity contribution in [2.75, 3.05) is 26.1 Å². The third-order valence-electron chi connectivity index (χ3n) is 3.45. The molecule has 0 aliphatic carbocycles. The third-order valence-corrected chi connectivity index (χ3v) is 3.45. The minimum atomic E-state index is -0.182. The number of methoxy groups -OCH3 is 1. The summed E-state index contributed by atoms with van der Waals surface area (Å²) < 4.78 is 12.6. The van der Waals surface area contributed by atoms with Gasteiger partial charge in [0.1, 0.15) is 5.52 Å². The first-order chi connectivity index (χ1) is 8.64. The van der Waals surface area contributed by atoms with E-state index in [1.54, 1.807) is 13.2 Å². The Bertz CT molecular complexity index is 587.